The lowest BCUT2D eigenvalue weighted by Gasteiger charge is -2.13. The summed E-state index contributed by atoms with van der Waals surface area (Å²) in [7, 11) is 0. The molecule has 2 aromatic rings. The number of carbonyl (C=O) groups is 2. The van der Waals surface area contributed by atoms with Gasteiger partial charge >= 0.3 is 0 Å². The molecule has 1 aliphatic rings. The predicted octanol–water partition coefficient (Wildman–Crippen LogP) is 3.91. The van der Waals surface area contributed by atoms with E-state index in [1.54, 1.807) is 24.3 Å². The first kappa shape index (κ1) is 15.8. The van der Waals surface area contributed by atoms with E-state index in [4.69, 9.17) is 0 Å². The third kappa shape index (κ3) is 3.32. The average Bonchev–Trinajstić information content (AvgIpc) is 2.81. The molecule has 1 aliphatic heterocycles. The molecule has 0 radical (unpaired) electrons. The van der Waals surface area contributed by atoms with Crippen molar-refractivity contribution >= 4 is 23.6 Å². The number of carbonyl (C=O) groups excluding carboxylic acids is 2. The minimum Gasteiger partial charge on any atom is -0.274 e. The Balaban J connectivity index is 1.48. The number of fused-ring (bicyclic) bond motifs is 1. The number of hydrogen-bond donors (Lipinski definition) is 0. The first-order valence-electron chi connectivity index (χ1n) is 7.76. The summed E-state index contributed by atoms with van der Waals surface area (Å²) < 4.78 is 0. The molecule has 118 valence electrons. The lowest BCUT2D eigenvalue weighted by atomic mass is 10.1. The second-order valence-electron chi connectivity index (χ2n) is 5.64. The van der Waals surface area contributed by atoms with Crippen molar-refractivity contribution in [2.24, 2.45) is 0 Å². The first-order valence-corrected chi connectivity index (χ1v) is 8.91. The summed E-state index contributed by atoms with van der Waals surface area (Å²) in [6, 6.07) is 15.4. The van der Waals surface area contributed by atoms with Crippen LogP contribution < -0.4 is 0 Å². The van der Waals surface area contributed by atoms with Crippen molar-refractivity contribution < 1.29 is 9.59 Å². The van der Waals surface area contributed by atoms with Gasteiger partial charge in [0, 0.05) is 12.3 Å². The molecule has 0 atom stereocenters. The van der Waals surface area contributed by atoms with Gasteiger partial charge in [-0.1, -0.05) is 36.4 Å². The second kappa shape index (κ2) is 7.01. The van der Waals surface area contributed by atoms with E-state index < -0.39 is 0 Å². The molecule has 2 aromatic carbocycles. The fraction of sp³-hybridized carbons (Fsp3) is 0.263. The minimum absolute atomic E-state index is 0.158. The summed E-state index contributed by atoms with van der Waals surface area (Å²) in [5.41, 5.74) is 3.72. The van der Waals surface area contributed by atoms with Gasteiger partial charge in [-0.15, -0.1) is 0 Å². The summed E-state index contributed by atoms with van der Waals surface area (Å²) in [5.74, 6) is 1.58. The fourth-order valence-corrected chi connectivity index (χ4v) is 3.74. The molecule has 3 nitrogen and oxygen atoms in total. The van der Waals surface area contributed by atoms with Crippen LogP contribution in [0, 0.1) is 6.92 Å². The van der Waals surface area contributed by atoms with E-state index in [0.29, 0.717) is 17.7 Å². The topological polar surface area (TPSA) is 37.4 Å². The van der Waals surface area contributed by atoms with Crippen LogP contribution in [-0.4, -0.2) is 29.0 Å². The van der Waals surface area contributed by atoms with E-state index in [9.17, 15) is 9.59 Å². The summed E-state index contributed by atoms with van der Waals surface area (Å²) in [4.78, 5) is 25.8. The van der Waals surface area contributed by atoms with Gasteiger partial charge in [0.15, 0.2) is 0 Å². The van der Waals surface area contributed by atoms with Gasteiger partial charge < -0.3 is 0 Å². The largest absolute Gasteiger partial charge is 0.274 e. The zero-order valence-electron chi connectivity index (χ0n) is 13.1. The molecule has 0 unspecified atom stereocenters. The molecule has 1 heterocycles. The molecule has 3 rings (SSSR count). The van der Waals surface area contributed by atoms with Crippen LogP contribution in [-0.2, 0) is 5.75 Å². The molecule has 4 heteroatoms. The number of imide groups is 1. The Labute approximate surface area is 140 Å². The number of benzene rings is 2. The van der Waals surface area contributed by atoms with E-state index in [2.05, 4.69) is 25.1 Å². The van der Waals surface area contributed by atoms with Crippen LogP contribution in [0.15, 0.2) is 48.5 Å². The zero-order valence-corrected chi connectivity index (χ0v) is 13.9. The molecule has 0 fully saturated rings. The van der Waals surface area contributed by atoms with Crippen LogP contribution in [0.25, 0.3) is 0 Å². The molecule has 0 saturated heterocycles. The first-order chi connectivity index (χ1) is 11.2. The average molecular weight is 325 g/mol. The zero-order chi connectivity index (χ0) is 16.2. The van der Waals surface area contributed by atoms with Crippen molar-refractivity contribution in [2.45, 2.75) is 19.1 Å². The lowest BCUT2D eigenvalue weighted by molar-refractivity contribution is 0.0655. The Morgan fingerprint density at radius 3 is 2.17 bits per heavy atom. The summed E-state index contributed by atoms with van der Waals surface area (Å²) in [6.45, 7) is 2.61. The van der Waals surface area contributed by atoms with Crippen LogP contribution in [0.5, 0.6) is 0 Å². The van der Waals surface area contributed by atoms with Crippen LogP contribution in [0.2, 0.25) is 0 Å². The van der Waals surface area contributed by atoms with E-state index >= 15 is 0 Å². The van der Waals surface area contributed by atoms with E-state index in [1.165, 1.54) is 16.0 Å². The van der Waals surface area contributed by atoms with Gasteiger partial charge in [0.1, 0.15) is 0 Å². The lowest BCUT2D eigenvalue weighted by Crippen LogP contribution is -2.31. The van der Waals surface area contributed by atoms with Gasteiger partial charge in [0.25, 0.3) is 11.8 Å². The standard InChI is InChI=1S/C19H19NO2S/c1-14-7-2-3-8-15(14)13-23-12-6-11-20-18(21)16-9-4-5-10-17(16)19(20)22/h2-5,7-10H,6,11-13H2,1H3. The maximum atomic E-state index is 12.2. The molecule has 0 spiro atoms. The smallest absolute Gasteiger partial charge is 0.261 e. The number of aryl methyl sites for hydroxylation is 1. The van der Waals surface area contributed by atoms with Gasteiger partial charge in [-0.3, -0.25) is 14.5 Å². The Morgan fingerprint density at radius 2 is 1.52 bits per heavy atom. The van der Waals surface area contributed by atoms with Crippen LogP contribution in [0.4, 0.5) is 0 Å². The molecule has 0 bridgehead atoms. The molecule has 0 aliphatic carbocycles. The third-order valence-corrected chi connectivity index (χ3v) is 5.16. The molecular formula is C19H19NO2S. The summed E-state index contributed by atoms with van der Waals surface area (Å²) in [5, 5.41) is 0. The molecule has 2 amide bonds. The minimum atomic E-state index is -0.158. The monoisotopic (exact) mass is 325 g/mol. The van der Waals surface area contributed by atoms with Crippen molar-refractivity contribution in [1.29, 1.82) is 0 Å². The van der Waals surface area contributed by atoms with Gasteiger partial charge in [-0.25, -0.2) is 0 Å². The van der Waals surface area contributed by atoms with Gasteiger partial charge in [-0.2, -0.15) is 11.8 Å². The van der Waals surface area contributed by atoms with Crippen molar-refractivity contribution in [1.82, 2.24) is 4.90 Å². The highest BCUT2D eigenvalue weighted by atomic mass is 32.2. The highest BCUT2D eigenvalue weighted by Gasteiger charge is 2.34. The van der Waals surface area contributed by atoms with Crippen LogP contribution in [0.1, 0.15) is 38.3 Å². The fourth-order valence-electron chi connectivity index (χ4n) is 2.72. The van der Waals surface area contributed by atoms with E-state index in [-0.39, 0.29) is 11.8 Å². The Bertz CT molecular complexity index is 707. The summed E-state index contributed by atoms with van der Waals surface area (Å²) >= 11 is 1.84. The molecular weight excluding hydrogens is 306 g/mol. The Kier molecular flexibility index (Phi) is 4.82. The Morgan fingerprint density at radius 1 is 0.913 bits per heavy atom. The van der Waals surface area contributed by atoms with Gasteiger partial charge in [-0.05, 0) is 42.4 Å². The molecule has 0 N–H and O–H groups in total. The molecule has 0 saturated carbocycles. The van der Waals surface area contributed by atoms with Crippen LogP contribution in [0.3, 0.4) is 0 Å². The molecule has 23 heavy (non-hydrogen) atoms. The number of hydrogen-bond acceptors (Lipinski definition) is 3. The normalized spacial score (nSPS) is 13.5. The van der Waals surface area contributed by atoms with Crippen molar-refractivity contribution in [3.63, 3.8) is 0 Å². The van der Waals surface area contributed by atoms with E-state index in [1.807, 2.05) is 17.8 Å². The quantitative estimate of drug-likeness (QED) is 0.597. The highest BCUT2D eigenvalue weighted by Crippen LogP contribution is 2.23. The maximum Gasteiger partial charge on any atom is 0.261 e. The van der Waals surface area contributed by atoms with Crippen molar-refractivity contribution in [2.75, 3.05) is 12.3 Å². The molecule has 0 aromatic heterocycles. The van der Waals surface area contributed by atoms with E-state index in [0.717, 1.165) is 17.9 Å². The van der Waals surface area contributed by atoms with Crippen molar-refractivity contribution in [3.8, 4) is 0 Å². The number of nitrogens with zero attached hydrogens (tertiary/aromatic N) is 1. The number of thioether (sulfide) groups is 1. The summed E-state index contributed by atoms with van der Waals surface area (Å²) in [6.07, 6.45) is 0.821. The second-order valence-corrected chi connectivity index (χ2v) is 6.75. The van der Waals surface area contributed by atoms with Crippen molar-refractivity contribution in [3.05, 3.63) is 70.8 Å². The van der Waals surface area contributed by atoms with Gasteiger partial charge in [0.2, 0.25) is 0 Å². The Hall–Kier alpha value is -2.07. The maximum absolute atomic E-state index is 12.2. The predicted molar refractivity (Wildman–Crippen MR) is 93.8 cm³/mol. The number of amides is 2. The van der Waals surface area contributed by atoms with Crippen LogP contribution >= 0.6 is 11.8 Å². The third-order valence-electron chi connectivity index (χ3n) is 4.07. The highest BCUT2D eigenvalue weighted by molar-refractivity contribution is 7.98. The SMILES string of the molecule is Cc1ccccc1CSCCCN1C(=O)c2ccccc2C1=O. The number of rotatable bonds is 6. The van der Waals surface area contributed by atoms with Gasteiger partial charge in [0.05, 0.1) is 11.1 Å².